The third-order valence-corrected chi connectivity index (χ3v) is 6.09. The first-order valence-corrected chi connectivity index (χ1v) is 13.2. The van der Waals surface area contributed by atoms with E-state index in [1.54, 1.807) is 0 Å². The highest BCUT2D eigenvalue weighted by atomic mass is 31.2. The Morgan fingerprint density at radius 2 is 0.714 bits per heavy atom. The minimum absolute atomic E-state index is 0.502. The summed E-state index contributed by atoms with van der Waals surface area (Å²) in [7, 11) is -0.502. The second-order valence-corrected chi connectivity index (χ2v) is 13.0. The first kappa shape index (κ1) is 21.4. The van der Waals surface area contributed by atoms with Crippen molar-refractivity contribution < 1.29 is 0 Å². The zero-order chi connectivity index (χ0) is 15.8. The zero-order valence-electron chi connectivity index (χ0n) is 15.8. The topological polar surface area (TPSA) is 0 Å². The lowest BCUT2D eigenvalue weighted by Crippen LogP contribution is -1.92. The van der Waals surface area contributed by atoms with Gasteiger partial charge in [0.25, 0.3) is 0 Å². The van der Waals surface area contributed by atoms with Gasteiger partial charge in [0.05, 0.1) is 6.16 Å². The van der Waals surface area contributed by atoms with E-state index < -0.39 is 7.26 Å². The van der Waals surface area contributed by atoms with Crippen molar-refractivity contribution in [3.63, 3.8) is 0 Å². The Hall–Kier alpha value is 0.430. The molecule has 0 saturated heterocycles. The molecular formula is C20H44P+. The van der Waals surface area contributed by atoms with Crippen molar-refractivity contribution in [1.29, 1.82) is 0 Å². The van der Waals surface area contributed by atoms with Gasteiger partial charge < -0.3 is 0 Å². The molecule has 0 spiro atoms. The molecule has 0 nitrogen and oxygen atoms in total. The van der Waals surface area contributed by atoms with E-state index >= 15 is 0 Å². The summed E-state index contributed by atoms with van der Waals surface area (Å²) >= 11 is 0. The normalized spacial score (nSPS) is 12.0. The van der Waals surface area contributed by atoms with E-state index in [0.29, 0.717) is 0 Å². The predicted octanol–water partition coefficient (Wildman–Crippen LogP) is 7.76. The van der Waals surface area contributed by atoms with Gasteiger partial charge in [0.1, 0.15) is 0 Å². The molecule has 0 heterocycles. The minimum atomic E-state index is -0.502. The third-order valence-electron chi connectivity index (χ3n) is 4.43. The van der Waals surface area contributed by atoms with Crippen LogP contribution in [0.15, 0.2) is 0 Å². The molecule has 0 bridgehead atoms. The molecule has 1 heteroatoms. The summed E-state index contributed by atoms with van der Waals surface area (Å²) in [5.41, 5.74) is 0. The van der Waals surface area contributed by atoms with E-state index in [1.165, 1.54) is 102 Å². The second-order valence-electron chi connectivity index (χ2n) is 7.96. The van der Waals surface area contributed by atoms with Crippen LogP contribution in [0, 0.1) is 0 Å². The highest BCUT2D eigenvalue weighted by Crippen LogP contribution is 2.47. The van der Waals surface area contributed by atoms with Gasteiger partial charge >= 0.3 is 0 Å². The van der Waals surface area contributed by atoms with Crippen molar-refractivity contribution >= 4 is 7.26 Å². The molecule has 21 heavy (non-hydrogen) atoms. The molecule has 0 aliphatic carbocycles. The van der Waals surface area contributed by atoms with Gasteiger partial charge in [-0.3, -0.25) is 0 Å². The Morgan fingerprint density at radius 1 is 0.429 bits per heavy atom. The van der Waals surface area contributed by atoms with Crippen LogP contribution < -0.4 is 0 Å². The lowest BCUT2D eigenvalue weighted by Gasteiger charge is -2.10. The molecule has 0 atom stereocenters. The van der Waals surface area contributed by atoms with Gasteiger partial charge in [-0.15, -0.1) is 0 Å². The molecule has 0 aliphatic heterocycles. The molecule has 0 saturated carbocycles. The van der Waals surface area contributed by atoms with E-state index in [-0.39, 0.29) is 0 Å². The molecule has 0 amide bonds. The molecule has 0 aromatic carbocycles. The molecule has 128 valence electrons. The molecule has 0 radical (unpaired) electrons. The lowest BCUT2D eigenvalue weighted by atomic mass is 10.0. The maximum atomic E-state index is 2.47. The maximum absolute atomic E-state index is 2.47. The molecule has 0 aromatic heterocycles. The van der Waals surface area contributed by atoms with E-state index in [4.69, 9.17) is 0 Å². The van der Waals surface area contributed by atoms with Crippen LogP contribution in [0.4, 0.5) is 0 Å². The van der Waals surface area contributed by atoms with Gasteiger partial charge in [0.15, 0.2) is 0 Å². The Kier molecular flexibility index (Phi) is 15.6. The van der Waals surface area contributed by atoms with Gasteiger partial charge in [0, 0.05) is 27.3 Å². The molecule has 0 unspecified atom stereocenters. The van der Waals surface area contributed by atoms with Gasteiger partial charge in [-0.2, -0.15) is 0 Å². The Balaban J connectivity index is 3.00. The average molecular weight is 316 g/mol. The fourth-order valence-electron chi connectivity index (χ4n) is 2.96. The van der Waals surface area contributed by atoms with Crippen molar-refractivity contribution in [2.75, 3.05) is 26.2 Å². The summed E-state index contributed by atoms with van der Waals surface area (Å²) in [6.07, 6.45) is 23.6. The Bertz CT molecular complexity index is 193. The van der Waals surface area contributed by atoms with Gasteiger partial charge in [-0.25, -0.2) is 0 Å². The number of hydrogen-bond acceptors (Lipinski definition) is 0. The zero-order valence-corrected chi connectivity index (χ0v) is 16.7. The highest BCUT2D eigenvalue weighted by Gasteiger charge is 2.15. The fraction of sp³-hybridized carbons (Fsp3) is 1.00. The molecule has 0 fully saturated rings. The first-order valence-electron chi connectivity index (χ1n) is 9.86. The van der Waals surface area contributed by atoms with E-state index in [0.717, 1.165) is 0 Å². The van der Waals surface area contributed by atoms with Crippen molar-refractivity contribution in [2.24, 2.45) is 0 Å². The monoisotopic (exact) mass is 315 g/mol. The summed E-state index contributed by atoms with van der Waals surface area (Å²) in [5, 5.41) is 0. The molecule has 0 aromatic rings. The van der Waals surface area contributed by atoms with Crippen LogP contribution in [-0.2, 0) is 0 Å². The van der Waals surface area contributed by atoms with Crippen LogP contribution in [0.2, 0.25) is 0 Å². The fourth-order valence-corrected chi connectivity index (χ4v) is 4.13. The predicted molar refractivity (Wildman–Crippen MR) is 104 cm³/mol. The van der Waals surface area contributed by atoms with E-state index in [9.17, 15) is 0 Å². The summed E-state index contributed by atoms with van der Waals surface area (Å²) in [5.74, 6) is 0. The first-order chi connectivity index (χ1) is 10.1. The number of unbranched alkanes of at least 4 members (excludes halogenated alkanes) is 14. The van der Waals surface area contributed by atoms with Crippen molar-refractivity contribution in [3.05, 3.63) is 0 Å². The van der Waals surface area contributed by atoms with Gasteiger partial charge in [0.2, 0.25) is 0 Å². The SMILES string of the molecule is CCCCCCCCCCCCCCCCC[P+](C)(C)C. The largest absolute Gasteiger partial charge is 0.0654 e. The summed E-state index contributed by atoms with van der Waals surface area (Å²) in [6, 6.07) is 0. The number of rotatable bonds is 16. The Labute approximate surface area is 137 Å². The van der Waals surface area contributed by atoms with Crippen LogP contribution in [-0.4, -0.2) is 26.2 Å². The Morgan fingerprint density at radius 3 is 1.00 bits per heavy atom. The highest BCUT2D eigenvalue weighted by molar-refractivity contribution is 7.73. The van der Waals surface area contributed by atoms with Crippen LogP contribution in [0.5, 0.6) is 0 Å². The minimum Gasteiger partial charge on any atom is -0.0654 e. The van der Waals surface area contributed by atoms with E-state index in [1.807, 2.05) is 0 Å². The van der Waals surface area contributed by atoms with Crippen molar-refractivity contribution in [3.8, 4) is 0 Å². The maximum Gasteiger partial charge on any atom is 0.0586 e. The third kappa shape index (κ3) is 20.4. The average Bonchev–Trinajstić information content (AvgIpc) is 2.42. The van der Waals surface area contributed by atoms with Crippen LogP contribution in [0.25, 0.3) is 0 Å². The quantitative estimate of drug-likeness (QED) is 0.201. The van der Waals surface area contributed by atoms with Crippen molar-refractivity contribution in [1.82, 2.24) is 0 Å². The standard InChI is InChI=1S/C20H44P/c1-5-6-7-8-9-10-11-12-13-14-15-16-17-18-19-20-21(2,3)4/h5-20H2,1-4H3/q+1. The molecule has 0 N–H and O–H groups in total. The lowest BCUT2D eigenvalue weighted by molar-refractivity contribution is 0.535. The smallest absolute Gasteiger partial charge is 0.0586 e. The van der Waals surface area contributed by atoms with Gasteiger partial charge in [-0.05, 0) is 12.8 Å². The molecule has 0 rings (SSSR count). The number of hydrogen-bond donors (Lipinski definition) is 0. The van der Waals surface area contributed by atoms with Crippen LogP contribution in [0.1, 0.15) is 103 Å². The second kappa shape index (κ2) is 15.3. The molecular weight excluding hydrogens is 271 g/mol. The summed E-state index contributed by atoms with van der Waals surface area (Å²) in [6.45, 7) is 9.70. The van der Waals surface area contributed by atoms with E-state index in [2.05, 4.69) is 26.9 Å². The summed E-state index contributed by atoms with van der Waals surface area (Å²) < 4.78 is 0. The summed E-state index contributed by atoms with van der Waals surface area (Å²) in [4.78, 5) is 0. The van der Waals surface area contributed by atoms with Crippen LogP contribution in [0.3, 0.4) is 0 Å². The molecule has 0 aliphatic rings. The van der Waals surface area contributed by atoms with Crippen LogP contribution >= 0.6 is 7.26 Å². The van der Waals surface area contributed by atoms with Crippen molar-refractivity contribution in [2.45, 2.75) is 103 Å². The van der Waals surface area contributed by atoms with Gasteiger partial charge in [-0.1, -0.05) is 90.4 Å².